The second kappa shape index (κ2) is 8.20. The highest BCUT2D eigenvalue weighted by Gasteiger charge is 2.23. The number of fused-ring (bicyclic) bond motifs is 1. The van der Waals surface area contributed by atoms with Crippen LogP contribution in [0, 0.1) is 5.82 Å². The van der Waals surface area contributed by atoms with Crippen LogP contribution >= 0.6 is 0 Å². The SMILES string of the molecule is CCC(=O)N1CCCc2cc(NS(=O)(=O)c3ccc(NC(C)=O)c(F)c3)ccc21. The molecule has 0 fully saturated rings. The molecule has 2 N–H and O–H groups in total. The first-order chi connectivity index (χ1) is 13.7. The van der Waals surface area contributed by atoms with Crippen molar-refractivity contribution >= 4 is 38.9 Å². The topological polar surface area (TPSA) is 95.6 Å². The van der Waals surface area contributed by atoms with E-state index < -0.39 is 21.7 Å². The van der Waals surface area contributed by atoms with E-state index in [1.54, 1.807) is 30.0 Å². The predicted octanol–water partition coefficient (Wildman–Crippen LogP) is 3.27. The molecule has 1 aliphatic rings. The van der Waals surface area contributed by atoms with Gasteiger partial charge in [0.25, 0.3) is 10.0 Å². The van der Waals surface area contributed by atoms with Crippen LogP contribution in [0.1, 0.15) is 32.3 Å². The minimum Gasteiger partial charge on any atom is -0.324 e. The first-order valence-electron chi connectivity index (χ1n) is 9.24. The molecule has 0 bridgehead atoms. The summed E-state index contributed by atoms with van der Waals surface area (Å²) in [6.45, 7) is 3.68. The molecule has 0 aromatic heterocycles. The lowest BCUT2D eigenvalue weighted by Crippen LogP contribution is -2.34. The van der Waals surface area contributed by atoms with Gasteiger partial charge < -0.3 is 10.2 Å². The van der Waals surface area contributed by atoms with E-state index >= 15 is 0 Å². The highest BCUT2D eigenvalue weighted by Crippen LogP contribution is 2.31. The molecule has 3 rings (SSSR count). The normalized spacial score (nSPS) is 13.6. The van der Waals surface area contributed by atoms with Crippen molar-refractivity contribution < 1.29 is 22.4 Å². The summed E-state index contributed by atoms with van der Waals surface area (Å²) in [7, 11) is -4.03. The summed E-state index contributed by atoms with van der Waals surface area (Å²) < 4.78 is 41.8. The zero-order chi connectivity index (χ0) is 21.2. The number of hydrogen-bond acceptors (Lipinski definition) is 4. The van der Waals surface area contributed by atoms with Gasteiger partial charge in [0.05, 0.1) is 10.6 Å². The van der Waals surface area contributed by atoms with E-state index in [0.29, 0.717) is 18.7 Å². The number of aryl methyl sites for hydroxylation is 1. The summed E-state index contributed by atoms with van der Waals surface area (Å²) >= 11 is 0. The minimum atomic E-state index is -4.03. The smallest absolute Gasteiger partial charge is 0.261 e. The van der Waals surface area contributed by atoms with Crippen LogP contribution < -0.4 is 14.9 Å². The third kappa shape index (κ3) is 4.56. The first-order valence-corrected chi connectivity index (χ1v) is 10.7. The Kier molecular flexibility index (Phi) is 5.88. The molecule has 0 atom stereocenters. The van der Waals surface area contributed by atoms with Crippen molar-refractivity contribution in [3.63, 3.8) is 0 Å². The first kappa shape index (κ1) is 20.8. The molecule has 2 amide bonds. The number of rotatable bonds is 5. The van der Waals surface area contributed by atoms with Crippen molar-refractivity contribution in [1.29, 1.82) is 0 Å². The molecule has 0 spiro atoms. The number of carbonyl (C=O) groups is 2. The third-order valence-electron chi connectivity index (χ3n) is 4.62. The molecule has 1 heterocycles. The van der Waals surface area contributed by atoms with Gasteiger partial charge in [-0.25, -0.2) is 12.8 Å². The number of anilines is 3. The molecule has 29 heavy (non-hydrogen) atoms. The van der Waals surface area contributed by atoms with Crippen molar-refractivity contribution in [2.45, 2.75) is 38.0 Å². The standard InChI is InChI=1S/C20H22FN3O4S/c1-3-20(26)24-10-4-5-14-11-15(6-9-19(14)24)23-29(27,28)16-7-8-18(17(21)12-16)22-13(2)25/h6-9,11-12,23H,3-5,10H2,1-2H3,(H,22,25). The maximum absolute atomic E-state index is 14.1. The fourth-order valence-electron chi connectivity index (χ4n) is 3.28. The van der Waals surface area contributed by atoms with E-state index in [0.717, 1.165) is 30.2 Å². The molecular formula is C20H22FN3O4S. The van der Waals surface area contributed by atoms with Crippen LogP contribution in [-0.4, -0.2) is 26.8 Å². The van der Waals surface area contributed by atoms with Crippen molar-refractivity contribution in [3.8, 4) is 0 Å². The van der Waals surface area contributed by atoms with Crippen molar-refractivity contribution in [1.82, 2.24) is 0 Å². The van der Waals surface area contributed by atoms with E-state index in [4.69, 9.17) is 0 Å². The van der Waals surface area contributed by atoms with Gasteiger partial charge >= 0.3 is 0 Å². The van der Waals surface area contributed by atoms with E-state index in [-0.39, 0.29) is 16.5 Å². The quantitative estimate of drug-likeness (QED) is 0.778. The van der Waals surface area contributed by atoms with E-state index in [1.165, 1.54) is 19.1 Å². The fourth-order valence-corrected chi connectivity index (χ4v) is 4.34. The van der Waals surface area contributed by atoms with Gasteiger partial charge in [0.15, 0.2) is 0 Å². The molecule has 9 heteroatoms. The number of carbonyl (C=O) groups excluding carboxylic acids is 2. The lowest BCUT2D eigenvalue weighted by atomic mass is 10.0. The number of amides is 2. The fraction of sp³-hybridized carbons (Fsp3) is 0.300. The van der Waals surface area contributed by atoms with Crippen LogP contribution in [0.15, 0.2) is 41.3 Å². The number of benzene rings is 2. The van der Waals surface area contributed by atoms with Gasteiger partial charge in [-0.3, -0.25) is 14.3 Å². The molecule has 2 aromatic rings. The predicted molar refractivity (Wildman–Crippen MR) is 109 cm³/mol. The summed E-state index contributed by atoms with van der Waals surface area (Å²) in [6.07, 6.45) is 1.93. The summed E-state index contributed by atoms with van der Waals surface area (Å²) in [5.41, 5.74) is 1.91. The minimum absolute atomic E-state index is 0.0222. The zero-order valence-corrected chi connectivity index (χ0v) is 17.0. The van der Waals surface area contributed by atoms with Gasteiger partial charge in [-0.15, -0.1) is 0 Å². The lowest BCUT2D eigenvalue weighted by Gasteiger charge is -2.29. The number of nitrogens with one attached hydrogen (secondary N) is 2. The van der Waals surface area contributed by atoms with Gasteiger partial charge in [0.1, 0.15) is 5.82 Å². The maximum atomic E-state index is 14.1. The Bertz CT molecular complexity index is 1070. The third-order valence-corrected chi connectivity index (χ3v) is 5.99. The van der Waals surface area contributed by atoms with Gasteiger partial charge in [-0.2, -0.15) is 0 Å². The Labute approximate surface area is 169 Å². The van der Waals surface area contributed by atoms with Crippen LogP contribution in [0.4, 0.5) is 21.5 Å². The molecular weight excluding hydrogens is 397 g/mol. The van der Waals surface area contributed by atoms with E-state index in [1.807, 2.05) is 0 Å². The summed E-state index contributed by atoms with van der Waals surface area (Å²) in [5.74, 6) is -1.28. The van der Waals surface area contributed by atoms with Gasteiger partial charge in [-0.1, -0.05) is 6.92 Å². The van der Waals surface area contributed by atoms with Crippen LogP contribution in [-0.2, 0) is 26.0 Å². The van der Waals surface area contributed by atoms with Crippen molar-refractivity contribution in [3.05, 3.63) is 47.8 Å². The Balaban J connectivity index is 1.85. The Morgan fingerprint density at radius 3 is 2.59 bits per heavy atom. The molecule has 0 radical (unpaired) electrons. The second-order valence-electron chi connectivity index (χ2n) is 6.77. The number of hydrogen-bond donors (Lipinski definition) is 2. The number of halogens is 1. The monoisotopic (exact) mass is 419 g/mol. The maximum Gasteiger partial charge on any atom is 0.261 e. The Morgan fingerprint density at radius 2 is 1.93 bits per heavy atom. The van der Waals surface area contributed by atoms with Crippen LogP contribution in [0.3, 0.4) is 0 Å². The van der Waals surface area contributed by atoms with Crippen LogP contribution in [0.2, 0.25) is 0 Å². The number of sulfonamides is 1. The molecule has 0 saturated carbocycles. The molecule has 2 aromatic carbocycles. The zero-order valence-electron chi connectivity index (χ0n) is 16.2. The Hall–Kier alpha value is -2.94. The Morgan fingerprint density at radius 1 is 1.17 bits per heavy atom. The summed E-state index contributed by atoms with van der Waals surface area (Å²) in [6, 6.07) is 8.28. The molecule has 1 aliphatic heterocycles. The average Bonchev–Trinajstić information content (AvgIpc) is 2.67. The van der Waals surface area contributed by atoms with E-state index in [9.17, 15) is 22.4 Å². The molecule has 0 saturated heterocycles. The van der Waals surface area contributed by atoms with Gasteiger partial charge in [0.2, 0.25) is 11.8 Å². The second-order valence-corrected chi connectivity index (χ2v) is 8.46. The van der Waals surface area contributed by atoms with Crippen molar-refractivity contribution in [2.24, 2.45) is 0 Å². The highest BCUT2D eigenvalue weighted by molar-refractivity contribution is 7.92. The highest BCUT2D eigenvalue weighted by atomic mass is 32.2. The number of nitrogens with zero attached hydrogens (tertiary/aromatic N) is 1. The summed E-state index contributed by atoms with van der Waals surface area (Å²) in [5, 5.41) is 2.29. The van der Waals surface area contributed by atoms with Gasteiger partial charge in [-0.05, 0) is 54.8 Å². The molecule has 0 aliphatic carbocycles. The lowest BCUT2D eigenvalue weighted by molar-refractivity contribution is -0.118. The largest absolute Gasteiger partial charge is 0.324 e. The van der Waals surface area contributed by atoms with E-state index in [2.05, 4.69) is 10.0 Å². The average molecular weight is 419 g/mol. The molecule has 154 valence electrons. The van der Waals surface area contributed by atoms with Gasteiger partial charge in [0, 0.05) is 31.3 Å². The van der Waals surface area contributed by atoms with Crippen LogP contribution in [0.25, 0.3) is 0 Å². The van der Waals surface area contributed by atoms with Crippen LogP contribution in [0.5, 0.6) is 0 Å². The van der Waals surface area contributed by atoms with Crippen molar-refractivity contribution in [2.75, 3.05) is 21.5 Å². The molecule has 7 nitrogen and oxygen atoms in total. The summed E-state index contributed by atoms with van der Waals surface area (Å²) in [4.78, 5) is 24.6. The molecule has 0 unspecified atom stereocenters.